The van der Waals surface area contributed by atoms with Gasteiger partial charge in [-0.25, -0.2) is 9.79 Å². The Labute approximate surface area is 242 Å². The van der Waals surface area contributed by atoms with E-state index >= 15 is 0 Å². The second-order valence-electron chi connectivity index (χ2n) is 8.49. The first-order valence-corrected chi connectivity index (χ1v) is 13.6. The minimum absolute atomic E-state index is 0.00303. The number of aliphatic hydroxyl groups is 1. The number of carbonyl (C=O) groups is 2. The van der Waals surface area contributed by atoms with Crippen LogP contribution in [0.4, 0.5) is 5.69 Å². The Morgan fingerprint density at radius 3 is 2.50 bits per heavy atom. The maximum atomic E-state index is 12.9. The smallest absolute Gasteiger partial charge is 0.344 e. The first kappa shape index (κ1) is 28.8. The van der Waals surface area contributed by atoms with E-state index in [0.29, 0.717) is 26.3 Å². The maximum Gasteiger partial charge on any atom is 0.344 e. The van der Waals surface area contributed by atoms with Crippen molar-refractivity contribution in [2.75, 3.05) is 6.61 Å². The summed E-state index contributed by atoms with van der Waals surface area (Å²) in [4.78, 5) is 40.4. The fraction of sp³-hybridized carbons (Fsp3) is 0.138. The lowest BCUT2D eigenvalue weighted by Crippen LogP contribution is -2.14. The minimum Gasteiger partial charge on any atom is -0.506 e. The van der Waals surface area contributed by atoms with Gasteiger partial charge in [0.15, 0.2) is 0 Å². The fourth-order valence-electron chi connectivity index (χ4n) is 3.71. The van der Waals surface area contributed by atoms with E-state index < -0.39 is 16.8 Å². The molecule has 4 rings (SSSR count). The Morgan fingerprint density at radius 1 is 1.12 bits per heavy atom. The normalized spacial score (nSPS) is 15.0. The predicted molar refractivity (Wildman–Crippen MR) is 156 cm³/mol. The molecule has 0 fully saturated rings. The van der Waals surface area contributed by atoms with Crippen molar-refractivity contribution < 1.29 is 29.1 Å². The molecule has 40 heavy (non-hydrogen) atoms. The van der Waals surface area contributed by atoms with Crippen LogP contribution in [0, 0.1) is 17.0 Å². The molecule has 0 saturated carbocycles. The maximum absolute atomic E-state index is 12.9. The SMILES string of the molecule is CCOC(=O)C1=C(O)/C(=C/c2ccc(OCc3ccc([N+](=O)[O-])cc3)c(Br)c2)SC1=NC(=O)c1ccccc1C. The number of halogens is 1. The fourth-order valence-corrected chi connectivity index (χ4v) is 5.23. The summed E-state index contributed by atoms with van der Waals surface area (Å²) in [5, 5.41) is 21.8. The Hall–Kier alpha value is -4.22. The molecule has 0 atom stereocenters. The number of thioether (sulfide) groups is 1. The molecule has 3 aromatic rings. The van der Waals surface area contributed by atoms with Crippen molar-refractivity contribution in [1.29, 1.82) is 0 Å². The molecule has 204 valence electrons. The van der Waals surface area contributed by atoms with Crippen LogP contribution in [0.5, 0.6) is 5.75 Å². The number of non-ortho nitro benzene ring substituents is 1. The highest BCUT2D eigenvalue weighted by molar-refractivity contribution is 9.10. The number of rotatable bonds is 8. The summed E-state index contributed by atoms with van der Waals surface area (Å²) < 4.78 is 11.6. The number of benzene rings is 3. The lowest BCUT2D eigenvalue weighted by molar-refractivity contribution is -0.384. The van der Waals surface area contributed by atoms with Crippen LogP contribution >= 0.6 is 27.7 Å². The van der Waals surface area contributed by atoms with Gasteiger partial charge in [-0.1, -0.05) is 36.0 Å². The first-order chi connectivity index (χ1) is 19.2. The molecular formula is C29H23BrN2O7S. The molecule has 0 aliphatic carbocycles. The summed E-state index contributed by atoms with van der Waals surface area (Å²) in [6, 6.07) is 18.3. The van der Waals surface area contributed by atoms with Gasteiger partial charge in [-0.3, -0.25) is 14.9 Å². The zero-order valence-corrected chi connectivity index (χ0v) is 23.8. The van der Waals surface area contributed by atoms with Crippen molar-refractivity contribution in [2.24, 2.45) is 4.99 Å². The monoisotopic (exact) mass is 622 g/mol. The van der Waals surface area contributed by atoms with Crippen molar-refractivity contribution in [3.05, 3.63) is 120 Å². The van der Waals surface area contributed by atoms with E-state index in [1.54, 1.807) is 68.5 Å². The molecule has 0 radical (unpaired) electrons. The third-order valence-corrected chi connectivity index (χ3v) is 7.38. The van der Waals surface area contributed by atoms with Gasteiger partial charge in [0.25, 0.3) is 11.6 Å². The Balaban J connectivity index is 1.57. The number of aliphatic hydroxyl groups excluding tert-OH is 1. The second kappa shape index (κ2) is 12.8. The molecule has 1 N–H and O–H groups in total. The van der Waals surface area contributed by atoms with Crippen LogP contribution in [0.15, 0.2) is 92.4 Å². The topological polar surface area (TPSA) is 128 Å². The molecule has 0 unspecified atom stereocenters. The summed E-state index contributed by atoms with van der Waals surface area (Å²) in [5.41, 5.74) is 2.41. The van der Waals surface area contributed by atoms with Crippen molar-refractivity contribution in [2.45, 2.75) is 20.5 Å². The van der Waals surface area contributed by atoms with E-state index in [4.69, 9.17) is 9.47 Å². The predicted octanol–water partition coefficient (Wildman–Crippen LogP) is 6.95. The summed E-state index contributed by atoms with van der Waals surface area (Å²) in [6.07, 6.45) is 1.66. The average Bonchev–Trinajstić information content (AvgIpc) is 3.22. The minimum atomic E-state index is -0.775. The van der Waals surface area contributed by atoms with Crippen LogP contribution < -0.4 is 4.74 Å². The summed E-state index contributed by atoms with van der Waals surface area (Å²) in [6.45, 7) is 3.73. The van der Waals surface area contributed by atoms with E-state index in [1.807, 2.05) is 6.07 Å². The van der Waals surface area contributed by atoms with E-state index in [0.717, 1.165) is 22.9 Å². The third kappa shape index (κ3) is 6.67. The number of hydrogen-bond donors (Lipinski definition) is 1. The molecule has 0 aromatic heterocycles. The van der Waals surface area contributed by atoms with E-state index in [-0.39, 0.29) is 35.3 Å². The number of carbonyl (C=O) groups excluding carboxylic acids is 2. The lowest BCUT2D eigenvalue weighted by Gasteiger charge is -2.09. The van der Waals surface area contributed by atoms with E-state index in [2.05, 4.69) is 20.9 Å². The van der Waals surface area contributed by atoms with E-state index in [9.17, 15) is 24.8 Å². The first-order valence-electron chi connectivity index (χ1n) is 12.0. The van der Waals surface area contributed by atoms with Crippen molar-refractivity contribution >= 4 is 56.4 Å². The third-order valence-electron chi connectivity index (χ3n) is 5.74. The summed E-state index contributed by atoms with van der Waals surface area (Å²) in [7, 11) is 0. The highest BCUT2D eigenvalue weighted by Gasteiger charge is 2.34. The van der Waals surface area contributed by atoms with Gasteiger partial charge in [0.05, 0.1) is 20.9 Å². The van der Waals surface area contributed by atoms with Gasteiger partial charge in [0.1, 0.15) is 28.7 Å². The number of amides is 1. The molecule has 1 heterocycles. The number of nitrogens with zero attached hydrogens (tertiary/aromatic N) is 2. The molecule has 1 amide bonds. The quantitative estimate of drug-likeness (QED) is 0.162. The number of hydrogen-bond acceptors (Lipinski definition) is 8. The Kier molecular flexibility index (Phi) is 9.18. The number of nitro benzene ring substituents is 1. The second-order valence-corrected chi connectivity index (χ2v) is 10.4. The van der Waals surface area contributed by atoms with Crippen LogP contribution in [-0.4, -0.2) is 33.6 Å². The Bertz CT molecular complexity index is 1580. The summed E-state index contributed by atoms with van der Waals surface area (Å²) in [5.74, 6) is -1.09. The van der Waals surface area contributed by atoms with Crippen molar-refractivity contribution in [3.8, 4) is 5.75 Å². The highest BCUT2D eigenvalue weighted by Crippen LogP contribution is 2.40. The Morgan fingerprint density at radius 2 is 1.85 bits per heavy atom. The molecule has 0 saturated heterocycles. The number of aryl methyl sites for hydroxylation is 1. The van der Waals surface area contributed by atoms with Gasteiger partial charge in [-0.05, 0) is 82.9 Å². The zero-order chi connectivity index (χ0) is 28.8. The molecule has 0 bridgehead atoms. The average molecular weight is 623 g/mol. The van der Waals surface area contributed by atoms with Gasteiger partial charge >= 0.3 is 5.97 Å². The van der Waals surface area contributed by atoms with E-state index in [1.165, 1.54) is 12.1 Å². The highest BCUT2D eigenvalue weighted by atomic mass is 79.9. The van der Waals surface area contributed by atoms with Crippen LogP contribution in [0.3, 0.4) is 0 Å². The van der Waals surface area contributed by atoms with Gasteiger partial charge < -0.3 is 14.6 Å². The number of nitro groups is 1. The molecule has 0 spiro atoms. The lowest BCUT2D eigenvalue weighted by atomic mass is 10.1. The molecule has 11 heteroatoms. The molecule has 1 aliphatic rings. The summed E-state index contributed by atoms with van der Waals surface area (Å²) >= 11 is 4.48. The van der Waals surface area contributed by atoms with Gasteiger partial charge in [0.2, 0.25) is 0 Å². The van der Waals surface area contributed by atoms with Crippen LogP contribution in [-0.2, 0) is 16.1 Å². The molecule has 1 aliphatic heterocycles. The van der Waals surface area contributed by atoms with Crippen LogP contribution in [0.1, 0.15) is 34.0 Å². The molecule has 3 aromatic carbocycles. The van der Waals surface area contributed by atoms with Gasteiger partial charge in [-0.2, -0.15) is 0 Å². The van der Waals surface area contributed by atoms with Gasteiger partial charge in [0, 0.05) is 17.7 Å². The zero-order valence-electron chi connectivity index (χ0n) is 21.4. The van der Waals surface area contributed by atoms with Gasteiger partial charge in [-0.15, -0.1) is 0 Å². The number of esters is 1. The van der Waals surface area contributed by atoms with Crippen molar-refractivity contribution in [1.82, 2.24) is 0 Å². The van der Waals surface area contributed by atoms with Crippen LogP contribution in [0.2, 0.25) is 0 Å². The van der Waals surface area contributed by atoms with Crippen LogP contribution in [0.25, 0.3) is 6.08 Å². The molecular weight excluding hydrogens is 600 g/mol. The number of ether oxygens (including phenoxy) is 2. The van der Waals surface area contributed by atoms with Crippen molar-refractivity contribution in [3.63, 3.8) is 0 Å². The number of aliphatic imine (C=N–C) groups is 1. The largest absolute Gasteiger partial charge is 0.506 e. The standard InChI is InChI=1S/C29H23BrN2O7S/c1-3-38-29(35)25-26(33)24(40-28(25)31-27(34)21-7-5-4-6-17(21)2)15-19-10-13-23(22(30)14-19)39-16-18-8-11-20(12-9-18)32(36)37/h4-15,33H,3,16H2,1-2H3/b24-15-,31-28?. The molecule has 9 nitrogen and oxygen atoms in total.